The van der Waals surface area contributed by atoms with Crippen LogP contribution in [0.4, 0.5) is 26.3 Å². The Morgan fingerprint density at radius 2 is 0.645 bits per heavy atom. The van der Waals surface area contributed by atoms with Gasteiger partial charge in [0.25, 0.3) is 0 Å². The Labute approximate surface area is 864 Å². The number of nitrogens with two attached hydrogens (primary N) is 10. The second-order valence-electron chi connectivity index (χ2n) is 27.5. The highest BCUT2D eigenvalue weighted by Gasteiger charge is 2.33. The van der Waals surface area contributed by atoms with Crippen molar-refractivity contribution >= 4 is 241 Å². The molecule has 10 aromatic rings. The first-order chi connectivity index (χ1) is 66.5. The third-order valence-corrected chi connectivity index (χ3v) is 19.1. The second kappa shape index (κ2) is 70.7. The van der Waals surface area contributed by atoms with Gasteiger partial charge in [-0.3, -0.25) is 104 Å². The van der Waals surface area contributed by atoms with Crippen LogP contribution in [0.25, 0.3) is 0 Å². The Bertz CT molecular complexity index is 5960. The van der Waals surface area contributed by atoms with Gasteiger partial charge in [-0.1, -0.05) is 211 Å². The van der Waals surface area contributed by atoms with E-state index in [1.165, 1.54) is 78.3 Å². The number of ether oxygens (including phenoxy) is 1. The zero-order valence-electron chi connectivity index (χ0n) is 75.6. The van der Waals surface area contributed by atoms with Gasteiger partial charge in [-0.25, -0.2) is 13.2 Å². The molecule has 0 aliphatic rings. The molecule has 141 heavy (non-hydrogen) atoms. The van der Waals surface area contributed by atoms with Crippen molar-refractivity contribution < 1.29 is 31.1 Å². The maximum atomic E-state index is 13.1. The lowest BCUT2D eigenvalue weighted by atomic mass is 10.0. The Morgan fingerprint density at radius 1 is 0.305 bits per heavy atom. The van der Waals surface area contributed by atoms with Gasteiger partial charge >= 0.3 is 6.18 Å². The summed E-state index contributed by atoms with van der Waals surface area (Å²) in [5.41, 5.74) is 59.0. The molecule has 746 valence electrons. The third-order valence-electron chi connectivity index (χ3n) is 15.6. The van der Waals surface area contributed by atoms with E-state index >= 15 is 0 Å². The number of methoxy groups -OCH3 is 1. The van der Waals surface area contributed by atoms with Crippen molar-refractivity contribution in [2.45, 2.75) is 20.0 Å². The average Bonchev–Trinajstić information content (AvgIpc) is 0.813. The maximum Gasteiger partial charge on any atom is 0.417 e. The van der Waals surface area contributed by atoms with Crippen molar-refractivity contribution in [2.75, 3.05) is 72.6 Å². The summed E-state index contributed by atoms with van der Waals surface area (Å²) >= 11 is 55.4. The van der Waals surface area contributed by atoms with E-state index in [0.717, 1.165) is 44.6 Å². The zero-order valence-corrected chi connectivity index (χ0v) is 84.0. The van der Waals surface area contributed by atoms with E-state index in [1.807, 2.05) is 68.4 Å². The van der Waals surface area contributed by atoms with Gasteiger partial charge in [-0.05, 0) is 151 Å². The molecule has 0 fully saturated rings. The molecular weight excluding hydrogens is 2080 g/mol. The number of halogens is 16. The lowest BCUT2D eigenvalue weighted by molar-refractivity contribution is -0.137. The molecular formula is C94H102BrCl9F6N30O. The molecule has 0 saturated carbocycles. The molecule has 0 heterocycles. The van der Waals surface area contributed by atoms with E-state index in [4.69, 9.17) is 221 Å². The Balaban J connectivity index is 0.000000784. The van der Waals surface area contributed by atoms with Gasteiger partial charge in [0, 0.05) is 120 Å². The van der Waals surface area contributed by atoms with Gasteiger partial charge < -0.3 is 62.1 Å². The van der Waals surface area contributed by atoms with Gasteiger partial charge in [0.1, 0.15) is 81.6 Å². The van der Waals surface area contributed by atoms with Gasteiger partial charge in [0.15, 0.2) is 0 Å². The smallest absolute Gasteiger partial charge is 0.417 e. The van der Waals surface area contributed by atoms with Crippen LogP contribution in [0.2, 0.25) is 45.2 Å². The van der Waals surface area contributed by atoms with Crippen LogP contribution in [0.3, 0.4) is 0 Å². The van der Waals surface area contributed by atoms with Crippen molar-refractivity contribution in [2.24, 2.45) is 107 Å². The number of hydrogen-bond acceptors (Lipinski definition) is 21. The molecule has 10 aromatic carbocycles. The summed E-state index contributed by atoms with van der Waals surface area (Å²) in [5.74, 6) is -0.602. The highest BCUT2D eigenvalue weighted by molar-refractivity contribution is 9.10. The number of alkyl halides is 3. The number of aryl methyl sites for hydroxylation is 2. The molecule has 0 unspecified atom stereocenters. The number of aliphatic imine (C=N–C) groups is 10. The number of nitrogens with one attached hydrogen (secondary N) is 10. The van der Waals surface area contributed by atoms with Gasteiger partial charge in [-0.15, -0.1) is 0 Å². The average molecular weight is 2180 g/mol. The normalized spacial score (nSPS) is 10.8. The molecule has 0 aliphatic heterocycles. The van der Waals surface area contributed by atoms with Crippen LogP contribution < -0.4 is 62.1 Å². The lowest BCUT2D eigenvalue weighted by Crippen LogP contribution is -2.14. The van der Waals surface area contributed by atoms with Crippen LogP contribution in [0, 0.1) is 85.4 Å². The van der Waals surface area contributed by atoms with Crippen molar-refractivity contribution in [3.05, 3.63) is 340 Å². The Morgan fingerprint density at radius 3 is 1.09 bits per heavy atom. The second-order valence-corrected chi connectivity index (χ2v) is 32.1. The number of nitrogens with zero attached hydrogens (tertiary/aromatic N) is 10. The molecule has 0 atom stereocenters. The van der Waals surface area contributed by atoms with E-state index in [2.05, 4.69) is 65.9 Å². The summed E-state index contributed by atoms with van der Waals surface area (Å²) in [6.45, 7) is 5.48. The molecule has 0 aliphatic carbocycles. The topological polar surface area (TPSA) is 632 Å². The quantitative estimate of drug-likeness (QED) is 0.0110. The summed E-state index contributed by atoms with van der Waals surface area (Å²) in [7, 11) is 1.56. The van der Waals surface area contributed by atoms with Crippen molar-refractivity contribution in [1.29, 1.82) is 54.1 Å². The fraction of sp³-hybridized carbons (Fsp3) is 0.149. The van der Waals surface area contributed by atoms with Crippen LogP contribution >= 0.6 is 120 Å². The summed E-state index contributed by atoms with van der Waals surface area (Å²) in [5, 5.41) is 73.5. The molecule has 0 saturated heterocycles. The monoisotopic (exact) mass is 2170 g/mol. The van der Waals surface area contributed by atoms with Crippen molar-refractivity contribution in [3.63, 3.8) is 0 Å². The first kappa shape index (κ1) is 125. The minimum atomic E-state index is -4.50. The number of hydrogen-bond donors (Lipinski definition) is 20. The first-order valence-electron chi connectivity index (χ1n) is 40.1. The zero-order chi connectivity index (χ0) is 106. The standard InChI is InChI=1S/C11H15N3.C10H9ClF3N3.C10H12ClN3O.C9H9BrClN3.C9H9Cl2N3.2C9H9ClFN3.2C9H10ClN3.C9H10FN3/c1-8-4-3-5-9(2)10(8)6-14-7-11(12)13;11-8-3-1-2-7(10(12,13)14)6(8)4-17-5-9(15)16;1-15-9-4-2-3-8(11)7(9)5-14-6-10(12)13;10-7-2-1-3-8(11)6(7)4-14-5-9(12)13;10-7-3-1-2-6(9(7)11)4-14-5-8(12)13;10-8-3-7(11)2-1-6(8)4-14-5-9(12)13;10-7-2-1-6(8(11)3-7)4-14-5-9(12)13;10-8-3-1-7(2-4-8)5-13-6-9(11)12;10-8-3-1-2-7(4-8)5-13-6-9(11)12;10-8-4-2-1-3-7(8)5-13-6-9(11)12/h3-6H,7H2,1-2H3,(H3,12,13);1-4H,5H2,(H3,15,16);2-5H,6H2,1H3,(H3,12,13);4*1-4H,5H2,(H3,12,13);3*1-5H,6H2,(H3,11,12). The largest absolute Gasteiger partial charge is 0.496 e. The first-order valence-corrected chi connectivity index (χ1v) is 44.3. The summed E-state index contributed by atoms with van der Waals surface area (Å²) in [4.78, 5) is 38.9. The fourth-order valence-corrected chi connectivity index (χ4v) is 11.7. The van der Waals surface area contributed by atoms with E-state index in [0.29, 0.717) is 63.2 Å². The fourth-order valence-electron chi connectivity index (χ4n) is 9.36. The van der Waals surface area contributed by atoms with E-state index in [9.17, 15) is 26.3 Å². The molecule has 0 amide bonds. The molecule has 0 spiro atoms. The summed E-state index contributed by atoms with van der Waals surface area (Å²) in [6, 6.07) is 54.9. The molecule has 30 N–H and O–H groups in total. The molecule has 0 bridgehead atoms. The van der Waals surface area contributed by atoms with Crippen molar-refractivity contribution in [3.8, 4) is 5.75 Å². The van der Waals surface area contributed by atoms with Crippen LogP contribution in [0.15, 0.2) is 255 Å². The number of benzene rings is 10. The molecule has 10 rings (SSSR count). The highest BCUT2D eigenvalue weighted by Crippen LogP contribution is 2.34. The SMILES string of the molecule is COc1cccc(Cl)c1C=NCC(=N)N.Cc1cccc(C)c1C=NCC(=N)N.N=C(N)CN=Cc1c(Cl)cccc1Br.N=C(N)CN=Cc1c(Cl)cccc1C(F)(F)F.N=C(N)CN=Cc1ccc(Cl)cc1.N=C(N)CN=Cc1ccc(Cl)cc1F.N=C(N)CN=Cc1ccc(F)cc1Cl.N=C(N)CN=Cc1cccc(Cl)c1.N=C(N)CN=Cc1cccc(Cl)c1Cl.N=C(N)CN=Cc1ccccc1F. The number of amidine groups is 10. The Hall–Kier alpha value is -13.9. The molecule has 0 radical (unpaired) electrons. The summed E-state index contributed by atoms with van der Waals surface area (Å²) in [6.07, 6.45) is 10.4. The molecule has 31 nitrogen and oxygen atoms in total. The number of rotatable bonds is 31. The van der Waals surface area contributed by atoms with Gasteiger partial charge in [0.05, 0.1) is 109 Å². The predicted octanol–water partition coefficient (Wildman–Crippen LogP) is 19.1. The third kappa shape index (κ3) is 59.2. The molecule has 47 heteroatoms. The van der Waals surface area contributed by atoms with Gasteiger partial charge in [0.2, 0.25) is 0 Å². The minimum Gasteiger partial charge on any atom is -0.496 e. The minimum absolute atomic E-state index is 0.0114. The van der Waals surface area contributed by atoms with Crippen LogP contribution in [0.5, 0.6) is 5.75 Å². The Kier molecular flexibility index (Phi) is 62.7. The van der Waals surface area contributed by atoms with E-state index < -0.39 is 23.4 Å². The molecule has 0 aromatic heterocycles. The maximum absolute atomic E-state index is 13.1. The predicted molar refractivity (Wildman–Crippen MR) is 582 cm³/mol. The van der Waals surface area contributed by atoms with Crippen LogP contribution in [0.1, 0.15) is 72.3 Å². The van der Waals surface area contributed by atoms with Gasteiger partial charge in [-0.2, -0.15) is 13.2 Å². The van der Waals surface area contributed by atoms with Crippen LogP contribution in [-0.4, -0.2) is 193 Å². The highest BCUT2D eigenvalue weighted by atomic mass is 79.9. The lowest BCUT2D eigenvalue weighted by Gasteiger charge is -2.10. The van der Waals surface area contributed by atoms with E-state index in [1.54, 1.807) is 135 Å². The summed E-state index contributed by atoms with van der Waals surface area (Å²) < 4.78 is 82.5. The van der Waals surface area contributed by atoms with Crippen LogP contribution in [-0.2, 0) is 6.18 Å². The van der Waals surface area contributed by atoms with E-state index in [-0.39, 0.29) is 145 Å². The van der Waals surface area contributed by atoms with Crippen molar-refractivity contribution in [1.82, 2.24) is 0 Å².